The molecule has 2 heterocycles. The molecule has 1 aromatic carbocycles. The molecule has 0 radical (unpaired) electrons. The fourth-order valence-corrected chi connectivity index (χ4v) is 3.10. The summed E-state index contributed by atoms with van der Waals surface area (Å²) < 4.78 is 38.5. The highest BCUT2D eigenvalue weighted by molar-refractivity contribution is 5.85. The van der Waals surface area contributed by atoms with E-state index in [1.807, 2.05) is 18.2 Å². The molecule has 0 spiro atoms. The van der Waals surface area contributed by atoms with Crippen molar-refractivity contribution in [2.75, 3.05) is 19.6 Å². The Morgan fingerprint density at radius 2 is 1.92 bits per heavy atom. The highest BCUT2D eigenvalue weighted by Gasteiger charge is 2.30. The van der Waals surface area contributed by atoms with E-state index in [2.05, 4.69) is 16.0 Å². The summed E-state index contributed by atoms with van der Waals surface area (Å²) in [7, 11) is 0. The minimum Gasteiger partial charge on any atom is -0.299 e. The van der Waals surface area contributed by atoms with Crippen molar-refractivity contribution in [3.8, 4) is 0 Å². The van der Waals surface area contributed by atoms with Gasteiger partial charge in [0.25, 0.3) is 0 Å². The van der Waals surface area contributed by atoms with Gasteiger partial charge in [-0.25, -0.2) is 0 Å². The van der Waals surface area contributed by atoms with E-state index in [1.165, 1.54) is 12.1 Å². The fraction of sp³-hybridized carbons (Fsp3) is 0.350. The molecule has 0 fully saturated rings. The van der Waals surface area contributed by atoms with Crippen LogP contribution in [0.15, 0.2) is 54.7 Å². The SMILES string of the molecule is Cl.FC(F)(F)c1cccc(C2=CCN(CCCc3ccccn3)CC2)c1. The number of halogens is 4. The van der Waals surface area contributed by atoms with E-state index in [0.717, 1.165) is 56.2 Å². The number of aromatic nitrogens is 1. The third-order valence-corrected chi connectivity index (χ3v) is 4.49. The molecule has 0 atom stereocenters. The third-order valence-electron chi connectivity index (χ3n) is 4.49. The van der Waals surface area contributed by atoms with E-state index in [-0.39, 0.29) is 12.4 Å². The number of alkyl halides is 3. The molecule has 0 unspecified atom stereocenters. The molecule has 1 aliphatic heterocycles. The molecule has 140 valence electrons. The first-order chi connectivity index (χ1) is 12.0. The summed E-state index contributed by atoms with van der Waals surface area (Å²) in [5.74, 6) is 0. The topological polar surface area (TPSA) is 16.1 Å². The summed E-state index contributed by atoms with van der Waals surface area (Å²) in [6, 6.07) is 11.6. The number of rotatable bonds is 5. The summed E-state index contributed by atoms with van der Waals surface area (Å²) in [5, 5.41) is 0. The number of hydrogen-bond acceptors (Lipinski definition) is 2. The molecule has 0 aliphatic carbocycles. The minimum absolute atomic E-state index is 0. The van der Waals surface area contributed by atoms with Crippen molar-refractivity contribution in [2.45, 2.75) is 25.4 Å². The normalized spacial score (nSPS) is 15.3. The summed E-state index contributed by atoms with van der Waals surface area (Å²) in [4.78, 5) is 6.65. The number of nitrogens with zero attached hydrogens (tertiary/aromatic N) is 2. The van der Waals surface area contributed by atoms with Crippen LogP contribution in [0.5, 0.6) is 0 Å². The van der Waals surface area contributed by atoms with Gasteiger partial charge in [0.15, 0.2) is 0 Å². The van der Waals surface area contributed by atoms with Gasteiger partial charge in [-0.05, 0) is 61.2 Å². The molecule has 1 aliphatic rings. The van der Waals surface area contributed by atoms with Crippen LogP contribution < -0.4 is 0 Å². The number of benzene rings is 1. The molecule has 0 amide bonds. The smallest absolute Gasteiger partial charge is 0.299 e. The second-order valence-corrected chi connectivity index (χ2v) is 6.28. The second-order valence-electron chi connectivity index (χ2n) is 6.28. The average molecular weight is 383 g/mol. The van der Waals surface area contributed by atoms with Crippen molar-refractivity contribution < 1.29 is 13.2 Å². The van der Waals surface area contributed by atoms with Crippen LogP contribution in [0.25, 0.3) is 5.57 Å². The molecular formula is C20H22ClF3N2. The fourth-order valence-electron chi connectivity index (χ4n) is 3.10. The lowest BCUT2D eigenvalue weighted by Crippen LogP contribution is -2.29. The Hall–Kier alpha value is -1.85. The second kappa shape index (κ2) is 9.19. The Bertz CT molecular complexity index is 729. The third kappa shape index (κ3) is 5.58. The van der Waals surface area contributed by atoms with Crippen molar-refractivity contribution in [3.63, 3.8) is 0 Å². The van der Waals surface area contributed by atoms with Crippen LogP contribution in [0.4, 0.5) is 13.2 Å². The van der Waals surface area contributed by atoms with Crippen LogP contribution >= 0.6 is 12.4 Å². The van der Waals surface area contributed by atoms with E-state index >= 15 is 0 Å². The Kier molecular flexibility index (Phi) is 7.23. The largest absolute Gasteiger partial charge is 0.416 e. The highest BCUT2D eigenvalue weighted by atomic mass is 35.5. The first kappa shape index (κ1) is 20.5. The van der Waals surface area contributed by atoms with Gasteiger partial charge in [-0.3, -0.25) is 9.88 Å². The van der Waals surface area contributed by atoms with E-state index in [9.17, 15) is 13.2 Å². The van der Waals surface area contributed by atoms with Crippen LogP contribution in [-0.2, 0) is 12.6 Å². The summed E-state index contributed by atoms with van der Waals surface area (Å²) >= 11 is 0. The molecule has 2 aromatic rings. The predicted octanol–water partition coefficient (Wildman–Crippen LogP) is 5.24. The van der Waals surface area contributed by atoms with Gasteiger partial charge >= 0.3 is 6.18 Å². The van der Waals surface area contributed by atoms with E-state index < -0.39 is 11.7 Å². The van der Waals surface area contributed by atoms with Crippen molar-refractivity contribution in [1.82, 2.24) is 9.88 Å². The van der Waals surface area contributed by atoms with Crippen LogP contribution in [0.3, 0.4) is 0 Å². The lowest BCUT2D eigenvalue weighted by Gasteiger charge is -2.26. The molecular weight excluding hydrogens is 361 g/mol. The maximum atomic E-state index is 12.8. The standard InChI is InChI=1S/C20H21F3N2.ClH/c21-20(22,23)18-6-3-5-17(15-18)16-9-13-25(14-10-16)12-4-8-19-7-1-2-11-24-19;/h1-3,5-7,9,11,15H,4,8,10,12-14H2;1H. The quantitative estimate of drug-likeness (QED) is 0.702. The minimum atomic E-state index is -4.29. The predicted molar refractivity (Wildman–Crippen MR) is 100 cm³/mol. The van der Waals surface area contributed by atoms with Crippen LogP contribution in [-0.4, -0.2) is 29.5 Å². The molecule has 2 nitrogen and oxygen atoms in total. The maximum absolute atomic E-state index is 12.8. The number of pyridine rings is 1. The molecule has 26 heavy (non-hydrogen) atoms. The average Bonchev–Trinajstić information content (AvgIpc) is 2.63. The highest BCUT2D eigenvalue weighted by Crippen LogP contribution is 2.32. The Morgan fingerprint density at radius 3 is 2.58 bits per heavy atom. The van der Waals surface area contributed by atoms with E-state index in [1.54, 1.807) is 12.3 Å². The first-order valence-electron chi connectivity index (χ1n) is 8.51. The first-order valence-corrected chi connectivity index (χ1v) is 8.51. The van der Waals surface area contributed by atoms with Crippen LogP contribution in [0.2, 0.25) is 0 Å². The monoisotopic (exact) mass is 382 g/mol. The number of hydrogen-bond donors (Lipinski definition) is 0. The van der Waals surface area contributed by atoms with E-state index in [0.29, 0.717) is 5.56 Å². The van der Waals surface area contributed by atoms with Gasteiger partial charge < -0.3 is 0 Å². The molecule has 0 bridgehead atoms. The van der Waals surface area contributed by atoms with Gasteiger partial charge in [0.2, 0.25) is 0 Å². The summed E-state index contributed by atoms with van der Waals surface area (Å²) in [5.41, 5.74) is 2.21. The van der Waals surface area contributed by atoms with Gasteiger partial charge in [-0.15, -0.1) is 12.4 Å². The van der Waals surface area contributed by atoms with Crippen LogP contribution in [0.1, 0.15) is 29.7 Å². The van der Waals surface area contributed by atoms with Crippen molar-refractivity contribution in [3.05, 3.63) is 71.6 Å². The van der Waals surface area contributed by atoms with Gasteiger partial charge in [-0.1, -0.05) is 24.3 Å². The van der Waals surface area contributed by atoms with Gasteiger partial charge in [-0.2, -0.15) is 13.2 Å². The zero-order chi connectivity index (χ0) is 17.7. The number of aryl methyl sites for hydroxylation is 1. The summed E-state index contributed by atoms with van der Waals surface area (Å²) in [6.07, 6.45) is 2.33. The van der Waals surface area contributed by atoms with Crippen molar-refractivity contribution in [2.24, 2.45) is 0 Å². The Balaban J connectivity index is 0.00000243. The van der Waals surface area contributed by atoms with Crippen molar-refractivity contribution >= 4 is 18.0 Å². The summed E-state index contributed by atoms with van der Waals surface area (Å²) in [6.45, 7) is 2.64. The maximum Gasteiger partial charge on any atom is 0.416 e. The molecule has 1 aromatic heterocycles. The Labute approximate surface area is 158 Å². The molecule has 0 N–H and O–H groups in total. The van der Waals surface area contributed by atoms with Crippen LogP contribution in [0, 0.1) is 0 Å². The molecule has 6 heteroatoms. The Morgan fingerprint density at radius 1 is 1.08 bits per heavy atom. The molecule has 3 rings (SSSR count). The van der Waals surface area contributed by atoms with Gasteiger partial charge in [0, 0.05) is 25.0 Å². The van der Waals surface area contributed by atoms with E-state index in [4.69, 9.17) is 0 Å². The van der Waals surface area contributed by atoms with Crippen molar-refractivity contribution in [1.29, 1.82) is 0 Å². The van der Waals surface area contributed by atoms with Gasteiger partial charge in [0.1, 0.15) is 0 Å². The molecule has 0 saturated heterocycles. The zero-order valence-corrected chi connectivity index (χ0v) is 15.2. The zero-order valence-electron chi connectivity index (χ0n) is 14.4. The van der Waals surface area contributed by atoms with Gasteiger partial charge in [0.05, 0.1) is 5.56 Å². The molecule has 0 saturated carbocycles. The lowest BCUT2D eigenvalue weighted by molar-refractivity contribution is -0.137. The lowest BCUT2D eigenvalue weighted by atomic mass is 9.97.